The van der Waals surface area contributed by atoms with Gasteiger partial charge in [-0.3, -0.25) is 4.90 Å². The van der Waals surface area contributed by atoms with E-state index in [0.29, 0.717) is 31.6 Å². The van der Waals surface area contributed by atoms with E-state index in [9.17, 15) is 30.6 Å². The average Bonchev–Trinajstić information content (AvgIpc) is 3.15. The van der Waals surface area contributed by atoms with Crippen LogP contribution in [0.5, 0.6) is 0 Å². The molecule has 0 aromatic rings. The summed E-state index contributed by atoms with van der Waals surface area (Å²) in [5.74, 6) is -2.88. The summed E-state index contributed by atoms with van der Waals surface area (Å²) in [4.78, 5) is 2.41. The minimum Gasteiger partial charge on any atom is -0.393 e. The molecule has 3 heterocycles. The normalized spacial score (nSPS) is 67.5. The van der Waals surface area contributed by atoms with E-state index in [1.807, 2.05) is 6.92 Å². The highest BCUT2D eigenvalue weighted by Crippen LogP contribution is 2.76. The van der Waals surface area contributed by atoms with Crippen LogP contribution in [0.3, 0.4) is 0 Å². The molecule has 1 spiro atoms. The lowest BCUT2D eigenvalue weighted by atomic mass is 9.50. The molecular weight excluding hydrogens is 450 g/mol. The molecule has 3 saturated heterocycles. The first-order chi connectivity index (χ1) is 16.4. The van der Waals surface area contributed by atoms with Gasteiger partial charge in [-0.1, -0.05) is 13.8 Å². The van der Waals surface area contributed by atoms with Crippen LogP contribution < -0.4 is 0 Å². The van der Waals surface area contributed by atoms with Crippen LogP contribution in [-0.2, 0) is 4.74 Å². The van der Waals surface area contributed by atoms with Gasteiger partial charge in [-0.05, 0) is 69.1 Å². The maximum Gasteiger partial charge on any atom is 0.196 e. The van der Waals surface area contributed by atoms with Crippen LogP contribution in [0, 0.1) is 46.8 Å². The summed E-state index contributed by atoms with van der Waals surface area (Å²) in [6, 6.07) is -0.0366. The summed E-state index contributed by atoms with van der Waals surface area (Å²) in [5.41, 5.74) is -2.43. The summed E-state index contributed by atoms with van der Waals surface area (Å²) in [6.07, 6.45) is 0.0119. The van der Waals surface area contributed by atoms with E-state index in [4.69, 9.17) is 4.74 Å². The van der Waals surface area contributed by atoms with Gasteiger partial charge in [0.2, 0.25) is 0 Å². The van der Waals surface area contributed by atoms with Crippen molar-refractivity contribution in [3.05, 3.63) is 0 Å². The third-order valence-electron chi connectivity index (χ3n) is 12.7. The fraction of sp³-hybridized carbons (Fsp3) is 1.00. The summed E-state index contributed by atoms with van der Waals surface area (Å²) in [5, 5.41) is 68.9. The average molecular weight is 494 g/mol. The van der Waals surface area contributed by atoms with Crippen molar-refractivity contribution in [1.29, 1.82) is 0 Å². The Hall–Kier alpha value is -0.320. The van der Waals surface area contributed by atoms with Crippen molar-refractivity contribution in [2.75, 3.05) is 13.1 Å². The number of nitrogens with zero attached hydrogens (tertiary/aromatic N) is 1. The molecule has 7 rings (SSSR count). The van der Waals surface area contributed by atoms with Gasteiger partial charge in [-0.2, -0.15) is 0 Å². The standard InChI is InChI=1S/C27H43NO7/c1-12-4-5-17-25(3,33)20-14(11-28(17)10-12)13-9-26-21(19(13)22(31)23(20)32)15(29)8-16-24(26,2)7-6-18(30)27(16,34)35-26/h12-23,29-34H,4-11H2,1-3H3. The lowest BCUT2D eigenvalue weighted by Gasteiger charge is -2.61. The second-order valence-corrected chi connectivity index (χ2v) is 14.1. The number of hydrogen-bond acceptors (Lipinski definition) is 8. The second-order valence-electron chi connectivity index (χ2n) is 14.1. The number of fused-ring (bicyclic) bond motifs is 5. The van der Waals surface area contributed by atoms with Crippen molar-refractivity contribution >= 4 is 0 Å². The number of ether oxygens (including phenoxy) is 1. The van der Waals surface area contributed by atoms with E-state index in [2.05, 4.69) is 18.7 Å². The van der Waals surface area contributed by atoms with Gasteiger partial charge < -0.3 is 35.4 Å². The molecule has 0 aromatic heterocycles. The molecule has 6 N–H and O–H groups in total. The molecule has 0 aromatic carbocycles. The quantitative estimate of drug-likeness (QED) is 0.279. The van der Waals surface area contributed by atoms with E-state index < -0.39 is 58.7 Å². The first-order valence-corrected chi connectivity index (χ1v) is 14.0. The Bertz CT molecular complexity index is 916. The second kappa shape index (κ2) is 7.00. The molecule has 4 aliphatic carbocycles. The highest BCUT2D eigenvalue weighted by atomic mass is 16.7. The third-order valence-corrected chi connectivity index (χ3v) is 12.7. The highest BCUT2D eigenvalue weighted by Gasteiger charge is 2.82. The van der Waals surface area contributed by atoms with Crippen molar-refractivity contribution in [3.63, 3.8) is 0 Å². The lowest BCUT2D eigenvalue weighted by Crippen LogP contribution is -2.72. The molecule has 0 radical (unpaired) electrons. The summed E-state index contributed by atoms with van der Waals surface area (Å²) in [6.45, 7) is 7.90. The zero-order valence-electron chi connectivity index (χ0n) is 21.1. The number of piperidine rings is 2. The monoisotopic (exact) mass is 493 g/mol. The number of aliphatic hydroxyl groups is 6. The van der Waals surface area contributed by atoms with E-state index in [-0.39, 0.29) is 29.7 Å². The molecular formula is C27H43NO7. The summed E-state index contributed by atoms with van der Waals surface area (Å²) >= 11 is 0. The molecule has 0 amide bonds. The maximum absolute atomic E-state index is 11.9. The molecule has 4 saturated carbocycles. The Morgan fingerprint density at radius 1 is 0.886 bits per heavy atom. The Labute approximate surface area is 207 Å². The molecule has 4 bridgehead atoms. The van der Waals surface area contributed by atoms with Crippen molar-refractivity contribution in [2.24, 2.45) is 46.8 Å². The van der Waals surface area contributed by atoms with Gasteiger partial charge in [0.25, 0.3) is 0 Å². The van der Waals surface area contributed by atoms with Crippen molar-refractivity contribution in [3.8, 4) is 0 Å². The van der Waals surface area contributed by atoms with Crippen molar-refractivity contribution in [2.45, 2.75) is 107 Å². The lowest BCUT2D eigenvalue weighted by molar-refractivity contribution is -0.282. The molecule has 16 unspecified atom stereocenters. The largest absolute Gasteiger partial charge is 0.393 e. The molecule has 8 nitrogen and oxygen atoms in total. The maximum atomic E-state index is 11.9. The zero-order valence-corrected chi connectivity index (χ0v) is 21.1. The minimum atomic E-state index is -1.69. The van der Waals surface area contributed by atoms with E-state index in [1.54, 1.807) is 0 Å². The van der Waals surface area contributed by atoms with Gasteiger partial charge in [0.15, 0.2) is 5.79 Å². The predicted octanol–water partition coefficient (Wildman–Crippen LogP) is 0.0710. The predicted molar refractivity (Wildman–Crippen MR) is 125 cm³/mol. The van der Waals surface area contributed by atoms with Gasteiger partial charge in [0.1, 0.15) is 6.10 Å². The topological polar surface area (TPSA) is 134 Å². The molecule has 16 atom stereocenters. The first-order valence-electron chi connectivity index (χ1n) is 14.0. The third kappa shape index (κ3) is 2.57. The van der Waals surface area contributed by atoms with Gasteiger partial charge in [0.05, 0.1) is 29.5 Å². The van der Waals surface area contributed by atoms with E-state index in [1.165, 1.54) is 0 Å². The molecule has 8 heteroatoms. The van der Waals surface area contributed by atoms with Crippen LogP contribution in [-0.4, -0.2) is 96.1 Å². The molecule has 198 valence electrons. The summed E-state index contributed by atoms with van der Waals surface area (Å²) < 4.78 is 6.60. The van der Waals surface area contributed by atoms with E-state index in [0.717, 1.165) is 25.9 Å². The van der Waals surface area contributed by atoms with E-state index >= 15 is 0 Å². The first kappa shape index (κ1) is 23.8. The Kier molecular flexibility index (Phi) is 4.75. The zero-order chi connectivity index (χ0) is 24.9. The molecule has 3 aliphatic heterocycles. The van der Waals surface area contributed by atoms with Crippen LogP contribution in [0.1, 0.15) is 59.3 Å². The van der Waals surface area contributed by atoms with Crippen LogP contribution in [0.4, 0.5) is 0 Å². The smallest absolute Gasteiger partial charge is 0.196 e. The van der Waals surface area contributed by atoms with Crippen LogP contribution in [0.2, 0.25) is 0 Å². The molecule has 7 aliphatic rings. The Balaban J connectivity index is 1.34. The SMILES string of the molecule is CC1CCC2N(C1)CC1C3CC45OC6(O)C(O)CCC4(C)C6CC(O)C5C3C(O)C(O)C1C2(C)O. The Morgan fingerprint density at radius 2 is 1.63 bits per heavy atom. The minimum absolute atomic E-state index is 0.0366. The van der Waals surface area contributed by atoms with Crippen LogP contribution in [0.15, 0.2) is 0 Å². The number of hydrogen-bond donors (Lipinski definition) is 6. The fourth-order valence-electron chi connectivity index (χ4n) is 11.4. The summed E-state index contributed by atoms with van der Waals surface area (Å²) in [7, 11) is 0. The van der Waals surface area contributed by atoms with Crippen molar-refractivity contribution < 1.29 is 35.4 Å². The highest BCUT2D eigenvalue weighted by molar-refractivity contribution is 5.29. The number of aliphatic hydroxyl groups excluding tert-OH is 4. The van der Waals surface area contributed by atoms with Crippen LogP contribution in [0.25, 0.3) is 0 Å². The Morgan fingerprint density at radius 3 is 2.37 bits per heavy atom. The van der Waals surface area contributed by atoms with Crippen molar-refractivity contribution in [1.82, 2.24) is 4.90 Å². The van der Waals surface area contributed by atoms with Crippen LogP contribution >= 0.6 is 0 Å². The fourth-order valence-corrected chi connectivity index (χ4v) is 11.4. The van der Waals surface area contributed by atoms with Gasteiger partial charge in [-0.15, -0.1) is 0 Å². The van der Waals surface area contributed by atoms with Gasteiger partial charge in [-0.25, -0.2) is 0 Å². The molecule has 7 fully saturated rings. The van der Waals surface area contributed by atoms with Gasteiger partial charge in [0, 0.05) is 42.3 Å². The van der Waals surface area contributed by atoms with Gasteiger partial charge >= 0.3 is 0 Å². The molecule has 35 heavy (non-hydrogen) atoms. The number of rotatable bonds is 0.